The third-order valence-corrected chi connectivity index (χ3v) is 5.45. The van der Waals surface area contributed by atoms with Crippen LogP contribution in [0, 0.1) is 12.3 Å². The minimum absolute atomic E-state index is 0. The first-order valence-corrected chi connectivity index (χ1v) is 10.5. The summed E-state index contributed by atoms with van der Waals surface area (Å²) in [6.45, 7) is 12.4. The van der Waals surface area contributed by atoms with E-state index in [9.17, 15) is 0 Å². The van der Waals surface area contributed by atoms with Crippen LogP contribution in [-0.4, -0.2) is 33.3 Å². The molecule has 0 fully saturated rings. The van der Waals surface area contributed by atoms with Gasteiger partial charge in [0, 0.05) is 24.5 Å². The topological polar surface area (TPSA) is 67.1 Å². The number of aliphatic imine (C=N–C) groups is 1. The largest absolute Gasteiger partial charge is 0.356 e. The summed E-state index contributed by atoms with van der Waals surface area (Å²) < 4.78 is 1.98. The molecule has 2 aromatic heterocycles. The lowest BCUT2D eigenvalue weighted by Gasteiger charge is -2.23. The molecular weight excluding hydrogens is 483 g/mol. The van der Waals surface area contributed by atoms with Crippen molar-refractivity contribution in [1.29, 1.82) is 0 Å². The van der Waals surface area contributed by atoms with Crippen molar-refractivity contribution in [3.8, 4) is 0 Å². The second kappa shape index (κ2) is 11.7. The Morgan fingerprint density at radius 1 is 1.32 bits per heavy atom. The molecule has 2 heterocycles. The molecule has 0 saturated heterocycles. The highest BCUT2D eigenvalue weighted by Crippen LogP contribution is 2.21. The van der Waals surface area contributed by atoms with Gasteiger partial charge >= 0.3 is 0 Å². The SMILES string of the molecule is Cc1nnc(CN=C(NCCc2cccs2)NC(C)CCC(C)(C)C)n1C.I. The zero-order chi connectivity index (χ0) is 19.9. The van der Waals surface area contributed by atoms with Crippen LogP contribution >= 0.6 is 35.3 Å². The number of nitrogens with zero attached hydrogens (tertiary/aromatic N) is 4. The molecule has 0 aliphatic rings. The number of halogens is 1. The van der Waals surface area contributed by atoms with Crippen molar-refractivity contribution >= 4 is 41.3 Å². The van der Waals surface area contributed by atoms with E-state index in [1.54, 1.807) is 11.3 Å². The molecule has 0 aliphatic carbocycles. The van der Waals surface area contributed by atoms with Crippen LogP contribution in [0.1, 0.15) is 57.1 Å². The molecule has 28 heavy (non-hydrogen) atoms. The van der Waals surface area contributed by atoms with Gasteiger partial charge in [0.15, 0.2) is 11.8 Å². The smallest absolute Gasteiger partial charge is 0.191 e. The molecular formula is C20H35IN6S. The van der Waals surface area contributed by atoms with Gasteiger partial charge in [0.1, 0.15) is 12.4 Å². The van der Waals surface area contributed by atoms with Crippen molar-refractivity contribution in [3.63, 3.8) is 0 Å². The summed E-state index contributed by atoms with van der Waals surface area (Å²) in [5.41, 5.74) is 0.343. The highest BCUT2D eigenvalue weighted by molar-refractivity contribution is 14.0. The van der Waals surface area contributed by atoms with E-state index in [-0.39, 0.29) is 24.0 Å². The molecule has 0 radical (unpaired) electrons. The Morgan fingerprint density at radius 3 is 2.64 bits per heavy atom. The number of hydrogen-bond acceptors (Lipinski definition) is 4. The minimum Gasteiger partial charge on any atom is -0.356 e. The summed E-state index contributed by atoms with van der Waals surface area (Å²) in [4.78, 5) is 6.13. The molecule has 0 bridgehead atoms. The van der Waals surface area contributed by atoms with Crippen LogP contribution in [-0.2, 0) is 20.0 Å². The Hall–Kier alpha value is -1.16. The number of thiophene rings is 1. The number of hydrogen-bond donors (Lipinski definition) is 2. The van der Waals surface area contributed by atoms with Crippen molar-refractivity contribution < 1.29 is 0 Å². The van der Waals surface area contributed by atoms with E-state index in [4.69, 9.17) is 4.99 Å². The first kappa shape index (κ1) is 24.9. The molecule has 0 saturated carbocycles. The zero-order valence-electron chi connectivity index (χ0n) is 18.0. The summed E-state index contributed by atoms with van der Waals surface area (Å²) >= 11 is 1.79. The first-order valence-electron chi connectivity index (χ1n) is 9.67. The normalized spacial score (nSPS) is 13.1. The fourth-order valence-electron chi connectivity index (χ4n) is 2.61. The van der Waals surface area contributed by atoms with Gasteiger partial charge in [-0.25, -0.2) is 4.99 Å². The van der Waals surface area contributed by atoms with Crippen LogP contribution in [0.4, 0.5) is 0 Å². The highest BCUT2D eigenvalue weighted by Gasteiger charge is 2.14. The molecule has 2 rings (SSSR count). The molecule has 0 aliphatic heterocycles. The van der Waals surface area contributed by atoms with E-state index < -0.39 is 0 Å². The summed E-state index contributed by atoms with van der Waals surface area (Å²) in [5, 5.41) is 17.5. The van der Waals surface area contributed by atoms with Crippen LogP contribution < -0.4 is 10.6 Å². The van der Waals surface area contributed by atoms with Gasteiger partial charge in [-0.1, -0.05) is 26.8 Å². The third kappa shape index (κ3) is 8.89. The molecule has 6 nitrogen and oxygen atoms in total. The van der Waals surface area contributed by atoms with Crippen molar-refractivity contribution in [2.45, 2.75) is 66.5 Å². The van der Waals surface area contributed by atoms with Gasteiger partial charge in [0.25, 0.3) is 0 Å². The van der Waals surface area contributed by atoms with Crippen LogP contribution in [0.15, 0.2) is 22.5 Å². The molecule has 1 atom stereocenters. The number of aryl methyl sites for hydroxylation is 1. The standard InChI is InChI=1S/C20H34N6S.HI/c1-15(9-11-20(3,4)5)23-19(21-12-10-17-8-7-13-27-17)22-14-18-25-24-16(2)26(18)6;/h7-8,13,15H,9-12,14H2,1-6H3,(H2,21,22,23);1H. The molecule has 0 aromatic carbocycles. The predicted molar refractivity (Wildman–Crippen MR) is 130 cm³/mol. The monoisotopic (exact) mass is 518 g/mol. The fraction of sp³-hybridized carbons (Fsp3) is 0.650. The summed E-state index contributed by atoms with van der Waals surface area (Å²) in [7, 11) is 1.98. The van der Waals surface area contributed by atoms with Gasteiger partial charge in [0.2, 0.25) is 0 Å². The lowest BCUT2D eigenvalue weighted by Crippen LogP contribution is -2.43. The molecule has 2 N–H and O–H groups in total. The maximum atomic E-state index is 4.75. The summed E-state index contributed by atoms with van der Waals surface area (Å²) in [5.74, 6) is 2.61. The van der Waals surface area contributed by atoms with Crippen molar-refractivity contribution in [1.82, 2.24) is 25.4 Å². The maximum absolute atomic E-state index is 4.75. The molecule has 0 amide bonds. The first-order chi connectivity index (χ1) is 12.7. The van der Waals surface area contributed by atoms with E-state index in [0.717, 1.165) is 37.0 Å². The van der Waals surface area contributed by atoms with Crippen LogP contribution in [0.3, 0.4) is 0 Å². The Balaban J connectivity index is 0.00000392. The number of guanidine groups is 1. The average molecular weight is 519 g/mol. The Bertz CT molecular complexity index is 718. The van der Waals surface area contributed by atoms with E-state index in [1.807, 2.05) is 18.5 Å². The van der Waals surface area contributed by atoms with E-state index >= 15 is 0 Å². The summed E-state index contributed by atoms with van der Waals surface area (Å²) in [6, 6.07) is 4.63. The van der Waals surface area contributed by atoms with Gasteiger partial charge in [-0.3, -0.25) is 0 Å². The fourth-order valence-corrected chi connectivity index (χ4v) is 3.31. The van der Waals surface area contributed by atoms with E-state index in [1.165, 1.54) is 11.3 Å². The van der Waals surface area contributed by atoms with Crippen LogP contribution in [0.5, 0.6) is 0 Å². The molecule has 8 heteroatoms. The zero-order valence-corrected chi connectivity index (χ0v) is 21.1. The predicted octanol–water partition coefficient (Wildman–Crippen LogP) is 4.30. The van der Waals surface area contributed by atoms with E-state index in [2.05, 4.69) is 66.0 Å². The lowest BCUT2D eigenvalue weighted by atomic mass is 9.89. The average Bonchev–Trinajstić information content (AvgIpc) is 3.22. The van der Waals surface area contributed by atoms with Gasteiger partial charge in [-0.15, -0.1) is 45.5 Å². The Labute approximate surface area is 190 Å². The second-order valence-corrected chi connectivity index (χ2v) is 9.32. The van der Waals surface area contributed by atoms with Crippen molar-refractivity contribution in [2.75, 3.05) is 6.54 Å². The quantitative estimate of drug-likeness (QED) is 0.311. The van der Waals surface area contributed by atoms with Crippen molar-refractivity contribution in [2.24, 2.45) is 17.5 Å². The van der Waals surface area contributed by atoms with Gasteiger partial charge in [-0.05, 0) is 50.0 Å². The molecule has 2 aromatic rings. The number of aromatic nitrogens is 3. The third-order valence-electron chi connectivity index (χ3n) is 4.52. The minimum atomic E-state index is 0. The van der Waals surface area contributed by atoms with Gasteiger partial charge in [-0.2, -0.15) is 0 Å². The lowest BCUT2D eigenvalue weighted by molar-refractivity contribution is 0.346. The maximum Gasteiger partial charge on any atom is 0.191 e. The van der Waals surface area contributed by atoms with Gasteiger partial charge in [0.05, 0.1) is 0 Å². The highest BCUT2D eigenvalue weighted by atomic mass is 127. The van der Waals surface area contributed by atoms with E-state index in [0.29, 0.717) is 18.0 Å². The second-order valence-electron chi connectivity index (χ2n) is 8.29. The van der Waals surface area contributed by atoms with Crippen molar-refractivity contribution in [3.05, 3.63) is 34.0 Å². The number of rotatable bonds is 8. The van der Waals surface area contributed by atoms with Crippen LogP contribution in [0.2, 0.25) is 0 Å². The Morgan fingerprint density at radius 2 is 2.07 bits per heavy atom. The number of nitrogens with one attached hydrogen (secondary N) is 2. The molecule has 0 spiro atoms. The van der Waals surface area contributed by atoms with Crippen LogP contribution in [0.25, 0.3) is 0 Å². The Kier molecular flexibility index (Phi) is 10.4. The van der Waals surface area contributed by atoms with Gasteiger partial charge < -0.3 is 15.2 Å². The summed E-state index contributed by atoms with van der Waals surface area (Å²) in [6.07, 6.45) is 3.28. The molecule has 1 unspecified atom stereocenters. The molecule has 158 valence electrons.